The highest BCUT2D eigenvalue weighted by Crippen LogP contribution is 2.27. The molecule has 1 unspecified atom stereocenters. The number of likely N-dealkylation sites (N-methyl/N-ethyl adjacent to an activating group) is 1. The molecule has 0 spiro atoms. The van der Waals surface area contributed by atoms with Crippen LogP contribution in [0.4, 0.5) is 4.39 Å². The van der Waals surface area contributed by atoms with Crippen LogP contribution in [0.1, 0.15) is 37.7 Å². The van der Waals surface area contributed by atoms with Crippen molar-refractivity contribution >= 4 is 0 Å². The van der Waals surface area contributed by atoms with Crippen molar-refractivity contribution in [2.45, 2.75) is 45.1 Å². The maximum absolute atomic E-state index is 13.6. The number of halogens is 1. The molecule has 1 aliphatic rings. The predicted molar refractivity (Wildman–Crippen MR) is 76.1 cm³/mol. The van der Waals surface area contributed by atoms with Gasteiger partial charge in [-0.05, 0) is 50.4 Å². The zero-order chi connectivity index (χ0) is 13.7. The summed E-state index contributed by atoms with van der Waals surface area (Å²) in [6.45, 7) is 2.49. The van der Waals surface area contributed by atoms with Crippen LogP contribution in [0.3, 0.4) is 0 Å². The SMILES string of the molecule is CNC(COc1cc(C)ccc1F)C1CCCCC1. The van der Waals surface area contributed by atoms with Crippen molar-refractivity contribution in [3.63, 3.8) is 0 Å². The molecule has 2 nitrogen and oxygen atoms in total. The van der Waals surface area contributed by atoms with Gasteiger partial charge in [-0.15, -0.1) is 0 Å². The van der Waals surface area contributed by atoms with E-state index in [1.165, 1.54) is 38.2 Å². The first-order chi connectivity index (χ1) is 9.20. The van der Waals surface area contributed by atoms with Gasteiger partial charge in [-0.25, -0.2) is 4.39 Å². The molecule has 2 rings (SSSR count). The quantitative estimate of drug-likeness (QED) is 0.877. The number of nitrogens with one attached hydrogen (secondary N) is 1. The van der Waals surface area contributed by atoms with Crippen LogP contribution in [0.15, 0.2) is 18.2 Å². The number of hydrogen-bond donors (Lipinski definition) is 1. The minimum atomic E-state index is -0.274. The van der Waals surface area contributed by atoms with E-state index in [1.54, 1.807) is 12.1 Å². The van der Waals surface area contributed by atoms with Gasteiger partial charge >= 0.3 is 0 Å². The Morgan fingerprint density at radius 1 is 1.32 bits per heavy atom. The zero-order valence-corrected chi connectivity index (χ0v) is 11.9. The van der Waals surface area contributed by atoms with Crippen LogP contribution in [0.25, 0.3) is 0 Å². The molecular weight excluding hydrogens is 241 g/mol. The van der Waals surface area contributed by atoms with E-state index in [4.69, 9.17) is 4.74 Å². The van der Waals surface area contributed by atoms with Crippen molar-refractivity contribution in [1.29, 1.82) is 0 Å². The van der Waals surface area contributed by atoms with Crippen molar-refractivity contribution in [2.24, 2.45) is 5.92 Å². The number of hydrogen-bond acceptors (Lipinski definition) is 2. The molecule has 3 heteroatoms. The first-order valence-electron chi connectivity index (χ1n) is 7.27. The Morgan fingerprint density at radius 2 is 2.05 bits per heavy atom. The summed E-state index contributed by atoms with van der Waals surface area (Å²) in [4.78, 5) is 0. The largest absolute Gasteiger partial charge is 0.489 e. The normalized spacial score (nSPS) is 18.3. The fourth-order valence-electron chi connectivity index (χ4n) is 2.89. The Morgan fingerprint density at radius 3 is 2.74 bits per heavy atom. The average Bonchev–Trinajstić information content (AvgIpc) is 2.44. The predicted octanol–water partition coefficient (Wildman–Crippen LogP) is 3.68. The van der Waals surface area contributed by atoms with Crippen molar-refractivity contribution in [3.05, 3.63) is 29.6 Å². The number of rotatable bonds is 5. The van der Waals surface area contributed by atoms with Gasteiger partial charge in [-0.2, -0.15) is 0 Å². The van der Waals surface area contributed by atoms with Crippen LogP contribution in [0.5, 0.6) is 5.75 Å². The van der Waals surface area contributed by atoms with Crippen molar-refractivity contribution in [2.75, 3.05) is 13.7 Å². The van der Waals surface area contributed by atoms with Crippen LogP contribution < -0.4 is 10.1 Å². The molecule has 1 aliphatic carbocycles. The molecule has 19 heavy (non-hydrogen) atoms. The first kappa shape index (κ1) is 14.3. The second-order valence-corrected chi connectivity index (χ2v) is 5.54. The smallest absolute Gasteiger partial charge is 0.165 e. The molecule has 0 saturated heterocycles. The van der Waals surface area contributed by atoms with E-state index in [9.17, 15) is 4.39 Å². The molecule has 1 aromatic carbocycles. The summed E-state index contributed by atoms with van der Waals surface area (Å²) in [7, 11) is 1.97. The lowest BCUT2D eigenvalue weighted by Gasteiger charge is -2.30. The van der Waals surface area contributed by atoms with Crippen LogP contribution in [-0.2, 0) is 0 Å². The second-order valence-electron chi connectivity index (χ2n) is 5.54. The molecule has 1 atom stereocenters. The van der Waals surface area contributed by atoms with Gasteiger partial charge in [0.05, 0.1) is 0 Å². The lowest BCUT2D eigenvalue weighted by Crippen LogP contribution is -2.39. The molecule has 0 amide bonds. The lowest BCUT2D eigenvalue weighted by molar-refractivity contribution is 0.188. The highest BCUT2D eigenvalue weighted by atomic mass is 19.1. The fraction of sp³-hybridized carbons (Fsp3) is 0.625. The van der Waals surface area contributed by atoms with Crippen LogP contribution in [-0.4, -0.2) is 19.7 Å². The Kier molecular flexibility index (Phi) is 5.20. The first-order valence-corrected chi connectivity index (χ1v) is 7.27. The Labute approximate surface area is 115 Å². The molecule has 0 bridgehead atoms. The van der Waals surface area contributed by atoms with Crippen LogP contribution in [0.2, 0.25) is 0 Å². The molecule has 0 aromatic heterocycles. The van der Waals surface area contributed by atoms with Gasteiger partial charge in [0.15, 0.2) is 11.6 Å². The zero-order valence-electron chi connectivity index (χ0n) is 11.9. The van der Waals surface area contributed by atoms with Gasteiger partial charge < -0.3 is 10.1 Å². The monoisotopic (exact) mass is 265 g/mol. The summed E-state index contributed by atoms with van der Waals surface area (Å²) in [6, 6.07) is 5.32. The number of aryl methyl sites for hydroxylation is 1. The Hall–Kier alpha value is -1.09. The van der Waals surface area contributed by atoms with Gasteiger partial charge in [0, 0.05) is 6.04 Å². The highest BCUT2D eigenvalue weighted by Gasteiger charge is 2.23. The van der Waals surface area contributed by atoms with E-state index in [0.29, 0.717) is 24.3 Å². The van der Waals surface area contributed by atoms with E-state index in [0.717, 1.165) is 5.56 Å². The lowest BCUT2D eigenvalue weighted by atomic mass is 9.84. The molecule has 1 saturated carbocycles. The van der Waals surface area contributed by atoms with E-state index in [-0.39, 0.29) is 5.82 Å². The maximum atomic E-state index is 13.6. The third-order valence-electron chi connectivity index (χ3n) is 4.09. The van der Waals surface area contributed by atoms with E-state index >= 15 is 0 Å². The summed E-state index contributed by atoms with van der Waals surface area (Å²) in [5.74, 6) is 0.756. The Bertz CT molecular complexity index is 402. The Balaban J connectivity index is 1.93. The summed E-state index contributed by atoms with van der Waals surface area (Å²) in [5.41, 5.74) is 1.02. The van der Waals surface area contributed by atoms with E-state index in [1.807, 2.05) is 14.0 Å². The van der Waals surface area contributed by atoms with Gasteiger partial charge in [0.1, 0.15) is 6.61 Å². The summed E-state index contributed by atoms with van der Waals surface area (Å²) in [6.07, 6.45) is 6.47. The number of benzene rings is 1. The summed E-state index contributed by atoms with van der Waals surface area (Å²) >= 11 is 0. The second kappa shape index (κ2) is 6.90. The minimum absolute atomic E-state index is 0.274. The van der Waals surface area contributed by atoms with Gasteiger partial charge in [-0.1, -0.05) is 25.3 Å². The standard InChI is InChI=1S/C16H24FNO/c1-12-8-9-14(17)16(10-12)19-11-15(18-2)13-6-4-3-5-7-13/h8-10,13,15,18H,3-7,11H2,1-2H3. The summed E-state index contributed by atoms with van der Waals surface area (Å²) in [5, 5.41) is 3.33. The molecule has 106 valence electrons. The molecular formula is C16H24FNO. The third kappa shape index (κ3) is 3.93. The summed E-state index contributed by atoms with van der Waals surface area (Å²) < 4.78 is 19.3. The number of ether oxygens (including phenoxy) is 1. The van der Waals surface area contributed by atoms with Gasteiger partial charge in [0.2, 0.25) is 0 Å². The topological polar surface area (TPSA) is 21.3 Å². The average molecular weight is 265 g/mol. The van der Waals surface area contributed by atoms with Crippen LogP contribution in [0, 0.1) is 18.7 Å². The fourth-order valence-corrected chi connectivity index (χ4v) is 2.89. The molecule has 1 N–H and O–H groups in total. The molecule has 0 aliphatic heterocycles. The van der Waals surface area contributed by atoms with E-state index in [2.05, 4.69) is 5.32 Å². The minimum Gasteiger partial charge on any atom is -0.489 e. The van der Waals surface area contributed by atoms with Crippen LogP contribution >= 0.6 is 0 Å². The third-order valence-corrected chi connectivity index (χ3v) is 4.09. The molecule has 0 radical (unpaired) electrons. The molecule has 0 heterocycles. The van der Waals surface area contributed by atoms with E-state index < -0.39 is 0 Å². The highest BCUT2D eigenvalue weighted by molar-refractivity contribution is 5.29. The maximum Gasteiger partial charge on any atom is 0.165 e. The van der Waals surface area contributed by atoms with Crippen molar-refractivity contribution < 1.29 is 9.13 Å². The van der Waals surface area contributed by atoms with Gasteiger partial charge in [0.25, 0.3) is 0 Å². The van der Waals surface area contributed by atoms with Crippen molar-refractivity contribution in [1.82, 2.24) is 5.32 Å². The molecule has 1 aromatic rings. The molecule has 1 fully saturated rings. The van der Waals surface area contributed by atoms with Gasteiger partial charge in [-0.3, -0.25) is 0 Å². The van der Waals surface area contributed by atoms with Crippen molar-refractivity contribution in [3.8, 4) is 5.75 Å².